The highest BCUT2D eigenvalue weighted by atomic mass is 79.9. The Hall–Kier alpha value is -1.53. The maximum absolute atomic E-state index is 10.9. The van der Waals surface area contributed by atoms with Crippen molar-refractivity contribution < 1.29 is 9.34 Å². The third-order valence-corrected chi connectivity index (χ3v) is 3.23. The summed E-state index contributed by atoms with van der Waals surface area (Å²) in [6.45, 7) is 0.343. The van der Waals surface area contributed by atoms with Gasteiger partial charge in [0, 0.05) is 11.1 Å². The van der Waals surface area contributed by atoms with Crippen LogP contribution in [0.4, 0.5) is 11.4 Å². The van der Waals surface area contributed by atoms with Crippen LogP contribution in [0.2, 0.25) is 5.02 Å². The van der Waals surface area contributed by atoms with Crippen molar-refractivity contribution in [3.8, 4) is 0 Å². The first-order valence-electron chi connectivity index (χ1n) is 4.97. The molecular formula is C11H8BrClN2O3. The average Bonchev–Trinajstić information content (AvgIpc) is 2.73. The van der Waals surface area contributed by atoms with Gasteiger partial charge in [-0.05, 0) is 34.1 Å². The lowest BCUT2D eigenvalue weighted by Crippen LogP contribution is -2.02. The monoisotopic (exact) mass is 330 g/mol. The molecule has 94 valence electrons. The Morgan fingerprint density at radius 2 is 2.22 bits per heavy atom. The number of benzene rings is 1. The van der Waals surface area contributed by atoms with Crippen LogP contribution in [0.5, 0.6) is 0 Å². The molecule has 0 aliphatic heterocycles. The molecule has 1 aromatic heterocycles. The Labute approximate surface area is 116 Å². The number of anilines is 1. The topological polar surface area (TPSA) is 68.3 Å². The lowest BCUT2D eigenvalue weighted by Gasteiger charge is -2.06. The van der Waals surface area contributed by atoms with Crippen molar-refractivity contribution >= 4 is 38.9 Å². The predicted octanol–water partition coefficient (Wildman–Crippen LogP) is 4.22. The van der Waals surface area contributed by atoms with E-state index in [1.54, 1.807) is 18.2 Å². The molecule has 0 unspecified atom stereocenters. The van der Waals surface area contributed by atoms with Crippen LogP contribution in [0.3, 0.4) is 0 Å². The van der Waals surface area contributed by atoms with Crippen molar-refractivity contribution in [1.82, 2.24) is 0 Å². The standard InChI is InChI=1S/C11H8BrClN2O3/c12-8-3-4-18-11(8)6-14-9-2-1-7(13)5-10(9)15(16)17/h1-5,14H,6H2. The third kappa shape index (κ3) is 2.83. The van der Waals surface area contributed by atoms with Gasteiger partial charge in [0.2, 0.25) is 0 Å². The van der Waals surface area contributed by atoms with E-state index in [-0.39, 0.29) is 5.69 Å². The maximum atomic E-state index is 10.9. The molecule has 0 fully saturated rings. The second-order valence-corrected chi connectivity index (χ2v) is 4.75. The predicted molar refractivity (Wildman–Crippen MR) is 71.8 cm³/mol. The van der Waals surface area contributed by atoms with E-state index in [2.05, 4.69) is 21.2 Å². The number of nitro groups is 1. The molecule has 0 aliphatic rings. The smallest absolute Gasteiger partial charge is 0.293 e. The van der Waals surface area contributed by atoms with Gasteiger partial charge in [0.15, 0.2) is 0 Å². The number of nitrogens with zero attached hydrogens (tertiary/aromatic N) is 1. The van der Waals surface area contributed by atoms with Crippen LogP contribution in [0, 0.1) is 10.1 Å². The maximum Gasteiger partial charge on any atom is 0.293 e. The minimum atomic E-state index is -0.481. The van der Waals surface area contributed by atoms with Gasteiger partial charge in [0.05, 0.1) is 22.2 Å². The largest absolute Gasteiger partial charge is 0.466 e. The summed E-state index contributed by atoms with van der Waals surface area (Å²) in [4.78, 5) is 10.4. The zero-order valence-electron chi connectivity index (χ0n) is 9.02. The van der Waals surface area contributed by atoms with Crippen LogP contribution in [0.15, 0.2) is 39.4 Å². The van der Waals surface area contributed by atoms with E-state index in [4.69, 9.17) is 16.0 Å². The fraction of sp³-hybridized carbons (Fsp3) is 0.0909. The molecule has 1 heterocycles. The molecule has 0 amide bonds. The minimum Gasteiger partial charge on any atom is -0.466 e. The first-order valence-corrected chi connectivity index (χ1v) is 6.14. The highest BCUT2D eigenvalue weighted by Crippen LogP contribution is 2.28. The van der Waals surface area contributed by atoms with Crippen molar-refractivity contribution in [1.29, 1.82) is 0 Å². The van der Waals surface area contributed by atoms with Gasteiger partial charge in [0.1, 0.15) is 11.4 Å². The van der Waals surface area contributed by atoms with E-state index >= 15 is 0 Å². The van der Waals surface area contributed by atoms with E-state index in [9.17, 15) is 10.1 Å². The van der Waals surface area contributed by atoms with Crippen LogP contribution >= 0.6 is 27.5 Å². The molecule has 2 aromatic rings. The van der Waals surface area contributed by atoms with E-state index in [1.165, 1.54) is 12.3 Å². The first-order chi connectivity index (χ1) is 8.58. The molecule has 7 heteroatoms. The van der Waals surface area contributed by atoms with Gasteiger partial charge in [-0.25, -0.2) is 0 Å². The van der Waals surface area contributed by atoms with Gasteiger partial charge in [-0.3, -0.25) is 10.1 Å². The van der Waals surface area contributed by atoms with Crippen molar-refractivity contribution in [3.05, 3.63) is 55.9 Å². The fourth-order valence-electron chi connectivity index (χ4n) is 1.43. The first kappa shape index (κ1) is 12.9. The van der Waals surface area contributed by atoms with Crippen LogP contribution in [0.1, 0.15) is 5.76 Å². The molecule has 18 heavy (non-hydrogen) atoms. The normalized spacial score (nSPS) is 10.3. The van der Waals surface area contributed by atoms with Crippen molar-refractivity contribution in [2.75, 3.05) is 5.32 Å². The summed E-state index contributed by atoms with van der Waals surface area (Å²) in [5, 5.41) is 14.1. The quantitative estimate of drug-likeness (QED) is 0.673. The number of halogens is 2. The number of rotatable bonds is 4. The van der Waals surface area contributed by atoms with Gasteiger partial charge in [-0.15, -0.1) is 0 Å². The van der Waals surface area contributed by atoms with E-state index < -0.39 is 4.92 Å². The molecule has 0 bridgehead atoms. The lowest BCUT2D eigenvalue weighted by molar-refractivity contribution is -0.383. The molecule has 1 N–H and O–H groups in total. The molecule has 0 aliphatic carbocycles. The van der Waals surface area contributed by atoms with Crippen LogP contribution in [0.25, 0.3) is 0 Å². The van der Waals surface area contributed by atoms with E-state index in [0.29, 0.717) is 23.0 Å². The summed E-state index contributed by atoms with van der Waals surface area (Å²) in [7, 11) is 0. The summed E-state index contributed by atoms with van der Waals surface area (Å²) >= 11 is 9.04. The molecule has 0 spiro atoms. The van der Waals surface area contributed by atoms with Crippen LogP contribution in [-0.2, 0) is 6.54 Å². The molecule has 1 aromatic carbocycles. The third-order valence-electron chi connectivity index (χ3n) is 2.29. The van der Waals surface area contributed by atoms with Crippen LogP contribution in [-0.4, -0.2) is 4.92 Å². The van der Waals surface area contributed by atoms with Crippen molar-refractivity contribution in [2.24, 2.45) is 0 Å². The van der Waals surface area contributed by atoms with Gasteiger partial charge >= 0.3 is 0 Å². The number of furan rings is 1. The molecule has 0 saturated carbocycles. The van der Waals surface area contributed by atoms with Gasteiger partial charge in [-0.2, -0.15) is 0 Å². The van der Waals surface area contributed by atoms with Gasteiger partial charge < -0.3 is 9.73 Å². The zero-order chi connectivity index (χ0) is 13.1. The Bertz CT molecular complexity index is 585. The highest BCUT2D eigenvalue weighted by molar-refractivity contribution is 9.10. The second-order valence-electron chi connectivity index (χ2n) is 3.46. The Morgan fingerprint density at radius 3 is 2.83 bits per heavy atom. The number of nitro benzene ring substituents is 1. The van der Waals surface area contributed by atoms with Crippen molar-refractivity contribution in [2.45, 2.75) is 6.54 Å². The number of hydrogen-bond donors (Lipinski definition) is 1. The fourth-order valence-corrected chi connectivity index (χ4v) is 1.94. The second kappa shape index (κ2) is 5.41. The molecular weight excluding hydrogens is 323 g/mol. The van der Waals surface area contributed by atoms with Gasteiger partial charge in [-0.1, -0.05) is 11.6 Å². The molecule has 0 radical (unpaired) electrons. The minimum absolute atomic E-state index is 0.0646. The summed E-state index contributed by atoms with van der Waals surface area (Å²) in [5.74, 6) is 0.666. The lowest BCUT2D eigenvalue weighted by atomic mass is 10.2. The molecule has 5 nitrogen and oxygen atoms in total. The van der Waals surface area contributed by atoms with E-state index in [1.807, 2.05) is 0 Å². The number of nitrogens with one attached hydrogen (secondary N) is 1. The Morgan fingerprint density at radius 1 is 1.44 bits per heavy atom. The summed E-state index contributed by atoms with van der Waals surface area (Å²) in [6.07, 6.45) is 1.54. The number of hydrogen-bond acceptors (Lipinski definition) is 4. The Kier molecular flexibility index (Phi) is 3.88. The average molecular weight is 332 g/mol. The molecule has 0 atom stereocenters. The SMILES string of the molecule is O=[N+]([O-])c1cc(Cl)ccc1NCc1occc1Br. The van der Waals surface area contributed by atoms with E-state index in [0.717, 1.165) is 4.47 Å². The zero-order valence-corrected chi connectivity index (χ0v) is 11.4. The summed E-state index contributed by atoms with van der Waals surface area (Å²) < 4.78 is 6.02. The summed E-state index contributed by atoms with van der Waals surface area (Å²) in [6, 6.07) is 6.22. The molecule has 2 rings (SSSR count). The highest BCUT2D eigenvalue weighted by Gasteiger charge is 2.14. The van der Waals surface area contributed by atoms with Crippen molar-refractivity contribution in [3.63, 3.8) is 0 Å². The Balaban J connectivity index is 2.19. The van der Waals surface area contributed by atoms with Crippen LogP contribution < -0.4 is 5.32 Å². The summed E-state index contributed by atoms with van der Waals surface area (Å²) in [5.41, 5.74) is 0.331. The van der Waals surface area contributed by atoms with Gasteiger partial charge in [0.25, 0.3) is 5.69 Å². The molecule has 0 saturated heterocycles.